The van der Waals surface area contributed by atoms with E-state index in [0.29, 0.717) is 31.9 Å². The molecule has 0 saturated heterocycles. The fraction of sp³-hybridized carbons (Fsp3) is 0.167. The van der Waals surface area contributed by atoms with Crippen LogP contribution < -0.4 is 10.9 Å². The van der Waals surface area contributed by atoms with Crippen LogP contribution in [0.25, 0.3) is 10.2 Å². The summed E-state index contributed by atoms with van der Waals surface area (Å²) in [7, 11) is 0. The van der Waals surface area contributed by atoms with E-state index >= 15 is 0 Å². The van der Waals surface area contributed by atoms with Crippen LogP contribution in [0.3, 0.4) is 0 Å². The van der Waals surface area contributed by atoms with Gasteiger partial charge in [0.15, 0.2) is 5.78 Å². The zero-order valence-electron chi connectivity index (χ0n) is 17.7. The zero-order valence-corrected chi connectivity index (χ0v) is 18.5. The fourth-order valence-corrected chi connectivity index (χ4v) is 4.54. The van der Waals surface area contributed by atoms with Gasteiger partial charge in [0.2, 0.25) is 0 Å². The molecule has 0 unspecified atom stereocenters. The van der Waals surface area contributed by atoms with Gasteiger partial charge in [-0.3, -0.25) is 19.0 Å². The van der Waals surface area contributed by atoms with Gasteiger partial charge in [-0.2, -0.15) is 0 Å². The highest BCUT2D eigenvalue weighted by Gasteiger charge is 2.21. The zero-order chi connectivity index (χ0) is 23.0. The van der Waals surface area contributed by atoms with Crippen LogP contribution in [0.5, 0.6) is 0 Å². The molecule has 1 amide bonds. The van der Waals surface area contributed by atoms with Crippen molar-refractivity contribution in [1.82, 2.24) is 9.55 Å². The molecule has 32 heavy (non-hydrogen) atoms. The Kier molecular flexibility index (Phi) is 5.71. The van der Waals surface area contributed by atoms with Crippen LogP contribution in [0.15, 0.2) is 53.6 Å². The molecule has 0 spiro atoms. The number of benzene rings is 2. The van der Waals surface area contributed by atoms with Crippen LogP contribution in [-0.4, -0.2) is 21.2 Å². The number of thiophene rings is 1. The number of nitrogens with one attached hydrogen (secondary N) is 1. The number of amides is 1. The Balaban J connectivity index is 1.64. The van der Waals surface area contributed by atoms with Crippen LogP contribution in [0.2, 0.25) is 0 Å². The van der Waals surface area contributed by atoms with E-state index in [1.54, 1.807) is 6.92 Å². The second-order valence-electron chi connectivity index (χ2n) is 7.62. The summed E-state index contributed by atoms with van der Waals surface area (Å²) in [6.45, 7) is 5.36. The SMILES string of the molecule is Cc1ccc(NC(=O)c2sc3ncn(CC(=O)c4ccc(F)cc4)c(=O)c3c2C)c(C)c1. The molecule has 1 N–H and O–H groups in total. The first kappa shape index (κ1) is 21.6. The first-order chi connectivity index (χ1) is 15.2. The number of carbonyl (C=O) groups is 2. The maximum atomic E-state index is 13.1. The fourth-order valence-electron chi connectivity index (χ4n) is 3.50. The number of hydrogen-bond donors (Lipinski definition) is 1. The summed E-state index contributed by atoms with van der Waals surface area (Å²) in [6.07, 6.45) is 1.30. The number of Topliss-reactive ketones (excluding diaryl/α,β-unsaturated/α-hetero) is 1. The number of aryl methyl sites for hydroxylation is 3. The number of nitrogens with zero attached hydrogens (tertiary/aromatic N) is 2. The molecule has 0 saturated carbocycles. The molecule has 6 nitrogen and oxygen atoms in total. The van der Waals surface area contributed by atoms with Crippen molar-refractivity contribution in [2.24, 2.45) is 0 Å². The Hall–Kier alpha value is -3.65. The Morgan fingerprint density at radius 1 is 1.09 bits per heavy atom. The number of halogens is 1. The van der Waals surface area contributed by atoms with E-state index in [0.717, 1.165) is 22.5 Å². The predicted octanol–water partition coefficient (Wildman–Crippen LogP) is 4.66. The van der Waals surface area contributed by atoms with Crippen molar-refractivity contribution in [2.45, 2.75) is 27.3 Å². The van der Waals surface area contributed by atoms with Crippen LogP contribution >= 0.6 is 11.3 Å². The third kappa shape index (κ3) is 4.09. The van der Waals surface area contributed by atoms with E-state index in [1.165, 1.54) is 35.2 Å². The molecule has 0 aliphatic rings. The normalized spacial score (nSPS) is 11.0. The third-order valence-electron chi connectivity index (χ3n) is 5.23. The Morgan fingerprint density at radius 2 is 1.81 bits per heavy atom. The highest BCUT2D eigenvalue weighted by atomic mass is 32.1. The van der Waals surface area contributed by atoms with Gasteiger partial charge >= 0.3 is 0 Å². The number of carbonyl (C=O) groups excluding carboxylic acids is 2. The van der Waals surface area contributed by atoms with E-state index in [4.69, 9.17) is 0 Å². The standard InChI is InChI=1S/C24H20FN3O3S/c1-13-4-9-18(14(2)10-13)27-22(30)21-15(3)20-23(32-21)26-12-28(24(20)31)11-19(29)16-5-7-17(25)8-6-16/h4-10,12H,11H2,1-3H3,(H,27,30). The minimum atomic E-state index is -0.442. The smallest absolute Gasteiger partial charge is 0.266 e. The molecule has 0 aliphatic carbocycles. The van der Waals surface area contributed by atoms with Gasteiger partial charge in [-0.25, -0.2) is 9.37 Å². The minimum Gasteiger partial charge on any atom is -0.321 e. The van der Waals surface area contributed by atoms with Gasteiger partial charge in [0.05, 0.1) is 23.1 Å². The first-order valence-corrected chi connectivity index (χ1v) is 10.7. The van der Waals surface area contributed by atoms with Gasteiger partial charge < -0.3 is 5.32 Å². The number of rotatable bonds is 5. The molecule has 2 aromatic carbocycles. The predicted molar refractivity (Wildman–Crippen MR) is 123 cm³/mol. The molecule has 162 valence electrons. The average molecular weight is 450 g/mol. The Labute approximate surface area is 187 Å². The first-order valence-electron chi connectivity index (χ1n) is 9.90. The summed E-state index contributed by atoms with van der Waals surface area (Å²) in [5.74, 6) is -1.10. The Bertz CT molecular complexity index is 1420. The van der Waals surface area contributed by atoms with Crippen molar-refractivity contribution in [2.75, 3.05) is 5.32 Å². The minimum absolute atomic E-state index is 0.229. The maximum absolute atomic E-state index is 13.1. The van der Waals surface area contributed by atoms with Crippen molar-refractivity contribution >= 4 is 38.9 Å². The van der Waals surface area contributed by atoms with E-state index in [2.05, 4.69) is 10.3 Å². The summed E-state index contributed by atoms with van der Waals surface area (Å²) in [6, 6.07) is 10.9. The topological polar surface area (TPSA) is 81.1 Å². The summed E-state index contributed by atoms with van der Waals surface area (Å²) >= 11 is 1.14. The lowest BCUT2D eigenvalue weighted by atomic mass is 10.1. The molecular weight excluding hydrogens is 429 g/mol. The van der Waals surface area contributed by atoms with Gasteiger partial charge in [0.25, 0.3) is 11.5 Å². The highest BCUT2D eigenvalue weighted by Crippen LogP contribution is 2.28. The van der Waals surface area contributed by atoms with Crippen LogP contribution in [-0.2, 0) is 6.54 Å². The van der Waals surface area contributed by atoms with Crippen molar-refractivity contribution in [3.8, 4) is 0 Å². The second kappa shape index (κ2) is 8.47. The molecule has 4 rings (SSSR count). The Morgan fingerprint density at radius 3 is 2.50 bits per heavy atom. The molecule has 0 fully saturated rings. The molecule has 0 atom stereocenters. The second-order valence-corrected chi connectivity index (χ2v) is 8.62. The van der Waals surface area contributed by atoms with Crippen molar-refractivity contribution in [1.29, 1.82) is 0 Å². The van der Waals surface area contributed by atoms with Gasteiger partial charge in [0.1, 0.15) is 10.6 Å². The summed E-state index contributed by atoms with van der Waals surface area (Å²) in [4.78, 5) is 43.6. The third-order valence-corrected chi connectivity index (χ3v) is 6.43. The molecule has 8 heteroatoms. The molecule has 2 aromatic heterocycles. The van der Waals surface area contributed by atoms with Crippen LogP contribution in [0, 0.1) is 26.6 Å². The molecule has 0 bridgehead atoms. The lowest BCUT2D eigenvalue weighted by Gasteiger charge is -2.08. The number of anilines is 1. The van der Waals surface area contributed by atoms with Crippen LogP contribution in [0.4, 0.5) is 10.1 Å². The van der Waals surface area contributed by atoms with E-state index in [1.807, 2.05) is 32.0 Å². The molecule has 4 aromatic rings. The monoisotopic (exact) mass is 449 g/mol. The van der Waals surface area contributed by atoms with Crippen molar-refractivity contribution < 1.29 is 14.0 Å². The summed E-state index contributed by atoms with van der Waals surface area (Å²) in [5.41, 5.74) is 3.16. The molecule has 2 heterocycles. The van der Waals surface area contributed by atoms with Gasteiger partial charge in [0, 0.05) is 11.3 Å². The number of ketones is 1. The lowest BCUT2D eigenvalue weighted by Crippen LogP contribution is -2.24. The summed E-state index contributed by atoms with van der Waals surface area (Å²) in [5, 5.41) is 3.21. The van der Waals surface area contributed by atoms with Crippen molar-refractivity contribution in [3.05, 3.63) is 92.1 Å². The van der Waals surface area contributed by atoms with E-state index in [9.17, 15) is 18.8 Å². The maximum Gasteiger partial charge on any atom is 0.266 e. The number of aromatic nitrogens is 2. The van der Waals surface area contributed by atoms with Crippen LogP contribution in [0.1, 0.15) is 36.7 Å². The number of hydrogen-bond acceptors (Lipinski definition) is 5. The lowest BCUT2D eigenvalue weighted by molar-refractivity contribution is 0.0969. The average Bonchev–Trinajstić information content (AvgIpc) is 3.10. The number of fused-ring (bicyclic) bond motifs is 1. The molecule has 0 radical (unpaired) electrons. The quantitative estimate of drug-likeness (QED) is 0.450. The van der Waals surface area contributed by atoms with Gasteiger partial charge in [-0.05, 0) is 62.2 Å². The molecular formula is C24H20FN3O3S. The highest BCUT2D eigenvalue weighted by molar-refractivity contribution is 7.20. The van der Waals surface area contributed by atoms with Crippen molar-refractivity contribution in [3.63, 3.8) is 0 Å². The van der Waals surface area contributed by atoms with Gasteiger partial charge in [-0.15, -0.1) is 11.3 Å². The largest absolute Gasteiger partial charge is 0.321 e. The summed E-state index contributed by atoms with van der Waals surface area (Å²) < 4.78 is 14.3. The van der Waals surface area contributed by atoms with Gasteiger partial charge in [-0.1, -0.05) is 17.7 Å². The molecule has 0 aliphatic heterocycles. The van der Waals surface area contributed by atoms with E-state index < -0.39 is 11.4 Å². The van der Waals surface area contributed by atoms with E-state index in [-0.39, 0.29) is 18.2 Å².